The number of benzene rings is 1. The number of alkyl halides is 2. The molecule has 0 aliphatic carbocycles. The maximum absolute atomic E-state index is 12.3. The quantitative estimate of drug-likeness (QED) is 0.857. The maximum atomic E-state index is 12.3. The van der Waals surface area contributed by atoms with Crippen molar-refractivity contribution in [3.63, 3.8) is 0 Å². The van der Waals surface area contributed by atoms with Crippen LogP contribution in [0.15, 0.2) is 33.8 Å². The molecule has 21 heavy (non-hydrogen) atoms. The topological polar surface area (TPSA) is 128 Å². The van der Waals surface area contributed by atoms with E-state index in [-0.39, 0.29) is 17.2 Å². The van der Waals surface area contributed by atoms with Crippen LogP contribution in [-0.4, -0.2) is 30.4 Å². The zero-order valence-electron chi connectivity index (χ0n) is 10.2. The second kappa shape index (κ2) is 5.44. The Hall–Kier alpha value is -2.56. The number of nitrogen functional groups attached to an aromatic ring is 1. The lowest BCUT2D eigenvalue weighted by Crippen LogP contribution is -2.15. The molecule has 0 radical (unpaired) electrons. The Morgan fingerprint density at radius 3 is 2.33 bits per heavy atom. The largest absolute Gasteiger partial charge is 0.379 e. The molecule has 0 fully saturated rings. The highest BCUT2D eigenvalue weighted by atomic mass is 32.2. The first-order valence-corrected chi connectivity index (χ1v) is 6.88. The fourth-order valence-electron chi connectivity index (χ4n) is 1.37. The minimum atomic E-state index is -4.68. The van der Waals surface area contributed by atoms with Crippen LogP contribution in [0.3, 0.4) is 0 Å². The first-order chi connectivity index (χ1) is 9.82. The molecular weight excluding hydrogens is 310 g/mol. The molecule has 8 nitrogen and oxygen atoms in total. The van der Waals surface area contributed by atoms with E-state index >= 15 is 0 Å². The van der Waals surface area contributed by atoms with Crippen LogP contribution in [0, 0.1) is 0 Å². The summed E-state index contributed by atoms with van der Waals surface area (Å²) < 4.78 is 51.4. The Morgan fingerprint density at radius 1 is 1.24 bits per heavy atom. The Balaban J connectivity index is 2.17. The molecule has 1 aromatic heterocycles. The van der Waals surface area contributed by atoms with Gasteiger partial charge in [-0.05, 0) is 34.6 Å². The Morgan fingerprint density at radius 2 is 1.86 bits per heavy atom. The number of carbonyl (C=O) groups is 1. The van der Waals surface area contributed by atoms with Crippen molar-refractivity contribution in [2.24, 2.45) is 0 Å². The van der Waals surface area contributed by atoms with E-state index in [9.17, 15) is 22.0 Å². The number of anilines is 2. The minimum Gasteiger partial charge on any atom is -0.379 e. The summed E-state index contributed by atoms with van der Waals surface area (Å²) in [4.78, 5) is 11.1. The average Bonchev–Trinajstić information content (AvgIpc) is 2.85. The van der Waals surface area contributed by atoms with Gasteiger partial charge in [-0.1, -0.05) is 0 Å². The Bertz CT molecular complexity index is 758. The summed E-state index contributed by atoms with van der Waals surface area (Å²) in [5.41, 5.74) is 5.23. The molecular formula is C10H8F2N4O4S. The third kappa shape index (κ3) is 2.97. The van der Waals surface area contributed by atoms with Crippen molar-refractivity contribution in [2.45, 2.75) is 10.7 Å². The number of nitrogens with one attached hydrogen (secondary N) is 1. The third-order valence-electron chi connectivity index (χ3n) is 2.40. The molecule has 3 N–H and O–H groups in total. The molecule has 112 valence electrons. The number of amides is 1. The van der Waals surface area contributed by atoms with Gasteiger partial charge in [0.05, 0.1) is 4.90 Å². The zero-order valence-corrected chi connectivity index (χ0v) is 11.0. The second-order valence-corrected chi connectivity index (χ2v) is 5.70. The maximum Gasteiger partial charge on any atom is 0.341 e. The monoisotopic (exact) mass is 318 g/mol. The number of hydrogen-bond acceptors (Lipinski definition) is 7. The molecule has 0 atom stereocenters. The van der Waals surface area contributed by atoms with Gasteiger partial charge in [0.2, 0.25) is 21.3 Å². The van der Waals surface area contributed by atoms with E-state index in [2.05, 4.69) is 20.3 Å². The van der Waals surface area contributed by atoms with E-state index in [1.165, 1.54) is 0 Å². The predicted octanol–water partition coefficient (Wildman–Crippen LogP) is 0.900. The van der Waals surface area contributed by atoms with Crippen LogP contribution in [0.4, 0.5) is 20.3 Å². The number of carbonyl (C=O) groups excluding carboxylic acids is 1. The summed E-state index contributed by atoms with van der Waals surface area (Å²) in [6.45, 7) is 0. The van der Waals surface area contributed by atoms with Crippen LogP contribution in [0.25, 0.3) is 0 Å². The molecule has 0 aliphatic rings. The lowest BCUT2D eigenvalue weighted by molar-refractivity contribution is 0.101. The molecule has 1 amide bonds. The van der Waals surface area contributed by atoms with Gasteiger partial charge in [0, 0.05) is 5.69 Å². The summed E-state index contributed by atoms with van der Waals surface area (Å²) in [5.74, 6) is -4.47. The van der Waals surface area contributed by atoms with Crippen molar-refractivity contribution in [3.8, 4) is 0 Å². The fourth-order valence-corrected chi connectivity index (χ4v) is 2.10. The van der Waals surface area contributed by atoms with Gasteiger partial charge in [-0.2, -0.15) is 8.78 Å². The van der Waals surface area contributed by atoms with E-state index in [0.29, 0.717) is 0 Å². The highest BCUT2D eigenvalue weighted by Gasteiger charge is 2.26. The van der Waals surface area contributed by atoms with Crippen molar-refractivity contribution >= 4 is 27.2 Å². The van der Waals surface area contributed by atoms with Crippen LogP contribution >= 0.6 is 0 Å². The van der Waals surface area contributed by atoms with E-state index in [1.54, 1.807) is 0 Å². The molecule has 0 bridgehead atoms. The molecule has 0 unspecified atom stereocenters. The smallest absolute Gasteiger partial charge is 0.341 e. The molecule has 0 saturated heterocycles. The number of aromatic nitrogens is 2. The predicted molar refractivity (Wildman–Crippen MR) is 66.3 cm³/mol. The first-order valence-electron chi connectivity index (χ1n) is 5.34. The van der Waals surface area contributed by atoms with Gasteiger partial charge >= 0.3 is 5.76 Å². The summed E-state index contributed by atoms with van der Waals surface area (Å²) in [5, 5.41) is 8.82. The summed E-state index contributed by atoms with van der Waals surface area (Å²) in [6, 6.07) is 4.19. The standard InChI is InChI=1S/C10H8F2N4O4S/c11-10(12)21(18,19)6-3-1-5(2-4-6)14-9(17)7-8(13)16-20-15-7/h1-4,10H,(H2,13,16)(H,14,17). The molecule has 2 aromatic rings. The molecule has 1 aromatic carbocycles. The van der Waals surface area contributed by atoms with E-state index in [1.807, 2.05) is 0 Å². The van der Waals surface area contributed by atoms with Gasteiger partial charge in [0.25, 0.3) is 5.91 Å². The second-order valence-electron chi connectivity index (χ2n) is 3.78. The molecule has 11 heteroatoms. The molecule has 1 heterocycles. The number of nitrogens with two attached hydrogens (primary N) is 1. The normalized spacial score (nSPS) is 11.6. The van der Waals surface area contributed by atoms with Crippen LogP contribution < -0.4 is 11.1 Å². The highest BCUT2D eigenvalue weighted by Crippen LogP contribution is 2.20. The molecule has 0 spiro atoms. The van der Waals surface area contributed by atoms with Crippen molar-refractivity contribution in [3.05, 3.63) is 30.0 Å². The number of halogens is 2. The Labute approximate surface area is 116 Å². The van der Waals surface area contributed by atoms with Gasteiger partial charge in [-0.25, -0.2) is 13.0 Å². The van der Waals surface area contributed by atoms with Crippen LogP contribution in [0.1, 0.15) is 10.5 Å². The van der Waals surface area contributed by atoms with Crippen molar-refractivity contribution in [1.82, 2.24) is 10.3 Å². The third-order valence-corrected chi connectivity index (χ3v) is 3.80. The van der Waals surface area contributed by atoms with Gasteiger partial charge in [0.1, 0.15) is 0 Å². The van der Waals surface area contributed by atoms with Crippen molar-refractivity contribution < 1.29 is 26.6 Å². The zero-order chi connectivity index (χ0) is 15.6. The summed E-state index contributed by atoms with van der Waals surface area (Å²) in [7, 11) is -4.68. The van der Waals surface area contributed by atoms with Gasteiger partial charge < -0.3 is 11.1 Å². The number of sulfone groups is 1. The summed E-state index contributed by atoms with van der Waals surface area (Å²) >= 11 is 0. The average molecular weight is 318 g/mol. The highest BCUT2D eigenvalue weighted by molar-refractivity contribution is 7.91. The van der Waals surface area contributed by atoms with E-state index in [4.69, 9.17) is 5.73 Å². The van der Waals surface area contributed by atoms with Gasteiger partial charge in [0.15, 0.2) is 0 Å². The molecule has 0 saturated carbocycles. The lowest BCUT2D eigenvalue weighted by Gasteiger charge is -2.05. The fraction of sp³-hybridized carbons (Fsp3) is 0.100. The molecule has 0 aliphatic heterocycles. The van der Waals surface area contributed by atoms with Crippen LogP contribution in [-0.2, 0) is 9.84 Å². The first kappa shape index (κ1) is 14.8. The van der Waals surface area contributed by atoms with Gasteiger partial charge in [-0.3, -0.25) is 4.79 Å². The van der Waals surface area contributed by atoms with E-state index in [0.717, 1.165) is 24.3 Å². The van der Waals surface area contributed by atoms with Crippen molar-refractivity contribution in [1.29, 1.82) is 0 Å². The van der Waals surface area contributed by atoms with Crippen molar-refractivity contribution in [2.75, 3.05) is 11.1 Å². The SMILES string of the molecule is Nc1nonc1C(=O)Nc1ccc(S(=O)(=O)C(F)F)cc1. The lowest BCUT2D eigenvalue weighted by atomic mass is 10.3. The summed E-state index contributed by atoms with van der Waals surface area (Å²) in [6.07, 6.45) is 0. The molecule has 2 rings (SSSR count). The van der Waals surface area contributed by atoms with Crippen LogP contribution in [0.2, 0.25) is 0 Å². The number of rotatable bonds is 4. The minimum absolute atomic E-state index is 0.163. The van der Waals surface area contributed by atoms with E-state index < -0.39 is 26.4 Å². The Kier molecular flexibility index (Phi) is 3.84. The van der Waals surface area contributed by atoms with Crippen LogP contribution in [0.5, 0.6) is 0 Å². The van der Waals surface area contributed by atoms with Gasteiger partial charge in [-0.15, -0.1) is 0 Å². The number of nitrogens with zero attached hydrogens (tertiary/aromatic N) is 2. The number of hydrogen-bond donors (Lipinski definition) is 2.